The minimum absolute atomic E-state index is 0.503. The van der Waals surface area contributed by atoms with Crippen LogP contribution in [0.3, 0.4) is 0 Å². The average molecular weight is 250 g/mol. The molecule has 0 bridgehead atoms. The fourth-order valence-electron chi connectivity index (χ4n) is 1.22. The number of benzene rings is 1. The monoisotopic (exact) mass is 250 g/mol. The van der Waals surface area contributed by atoms with Gasteiger partial charge in [0.15, 0.2) is 0 Å². The van der Waals surface area contributed by atoms with E-state index in [1.165, 1.54) is 6.92 Å². The van der Waals surface area contributed by atoms with Crippen molar-refractivity contribution in [3.63, 3.8) is 0 Å². The van der Waals surface area contributed by atoms with Crippen LogP contribution in [-0.4, -0.2) is 28.1 Å². The van der Waals surface area contributed by atoms with Crippen molar-refractivity contribution in [2.75, 3.05) is 0 Å². The molecule has 1 aromatic carbocycles. The lowest BCUT2D eigenvalue weighted by Gasteiger charge is -2.21. The van der Waals surface area contributed by atoms with Crippen LogP contribution in [0.15, 0.2) is 43.1 Å². The van der Waals surface area contributed by atoms with Crippen LogP contribution < -0.4 is 0 Å². The molecule has 1 rings (SSSR count). The Morgan fingerprint density at radius 1 is 1.56 bits per heavy atom. The molecule has 0 heterocycles. The number of amides is 1. The second-order valence-corrected chi connectivity index (χ2v) is 3.52. The fraction of sp³-hybridized carbons (Fsp3) is 0.231. The summed E-state index contributed by atoms with van der Waals surface area (Å²) >= 11 is 0. The molecule has 2 unspecified atom stereocenters. The van der Waals surface area contributed by atoms with Gasteiger partial charge in [-0.05, 0) is 12.5 Å². The molecule has 1 N–H and O–H groups in total. The lowest BCUT2D eigenvalue weighted by Crippen LogP contribution is -2.39. The van der Waals surface area contributed by atoms with E-state index in [0.29, 0.717) is 5.56 Å². The Kier molecular flexibility index (Phi) is 4.35. The molecular formula is C13H15NO4. The third-order valence-electron chi connectivity index (χ3n) is 2.28. The van der Waals surface area contributed by atoms with E-state index in [1.807, 2.05) is 0 Å². The molecule has 5 heteroatoms. The van der Waals surface area contributed by atoms with Crippen LogP contribution in [-0.2, 0) is 16.1 Å². The summed E-state index contributed by atoms with van der Waals surface area (Å²) in [6, 6.07) is 7.40. The largest absolute Gasteiger partial charge is 0.480 e. The Balaban J connectivity index is 2.73. The Bertz CT molecular complexity index is 463. The number of hydrogen-bond acceptors (Lipinski definition) is 3. The zero-order valence-corrected chi connectivity index (χ0v) is 9.95. The summed E-state index contributed by atoms with van der Waals surface area (Å²) in [6.45, 7) is 3.48. The third kappa shape index (κ3) is 3.62. The molecule has 0 fully saturated rings. The van der Waals surface area contributed by atoms with Crippen molar-refractivity contribution in [1.29, 1.82) is 0 Å². The topological polar surface area (TPSA) is 66.8 Å². The molecule has 0 saturated carbocycles. The van der Waals surface area contributed by atoms with Crippen molar-refractivity contribution in [2.45, 2.75) is 19.5 Å². The summed E-state index contributed by atoms with van der Waals surface area (Å²) in [6.07, 6.45) is 0.146. The number of carboxylic acids is 1. The van der Waals surface area contributed by atoms with E-state index in [1.54, 1.807) is 30.3 Å². The maximum atomic E-state index is 11.8. The van der Waals surface area contributed by atoms with E-state index in [0.717, 1.165) is 11.1 Å². The molecule has 0 aliphatic carbocycles. The molecular weight excluding hydrogens is 234 g/mol. The van der Waals surface area contributed by atoms with Crippen molar-refractivity contribution < 1.29 is 20.8 Å². The standard InChI is InChI=1S/C13H15NO4/c1-3-14(10(2)12(15)16)13(17)18-9-11-7-5-4-6-8-11/h3-8,10H,1,9H2,2H3,(H,15,16)/i9D. The average Bonchev–Trinajstić information content (AvgIpc) is 2.40. The van der Waals surface area contributed by atoms with Gasteiger partial charge in [0.2, 0.25) is 0 Å². The van der Waals surface area contributed by atoms with Gasteiger partial charge in [-0.2, -0.15) is 0 Å². The van der Waals surface area contributed by atoms with Gasteiger partial charge in [0, 0.05) is 6.20 Å². The summed E-state index contributed by atoms with van der Waals surface area (Å²) in [5.74, 6) is -1.18. The highest BCUT2D eigenvalue weighted by molar-refractivity contribution is 5.80. The number of nitrogens with zero attached hydrogens (tertiary/aromatic N) is 1. The highest BCUT2D eigenvalue weighted by atomic mass is 16.6. The van der Waals surface area contributed by atoms with Crippen LogP contribution in [0.5, 0.6) is 0 Å². The lowest BCUT2D eigenvalue weighted by atomic mass is 10.2. The summed E-state index contributed by atoms with van der Waals surface area (Å²) in [7, 11) is 0. The molecule has 0 aromatic heterocycles. The van der Waals surface area contributed by atoms with Crippen LogP contribution >= 0.6 is 0 Å². The normalized spacial score (nSPS) is 13.9. The number of carboxylic acid groups (broad SMARTS) is 1. The van der Waals surface area contributed by atoms with Gasteiger partial charge in [-0.15, -0.1) is 0 Å². The minimum Gasteiger partial charge on any atom is -0.480 e. The van der Waals surface area contributed by atoms with Crippen LogP contribution in [0, 0.1) is 0 Å². The van der Waals surface area contributed by atoms with Crippen molar-refractivity contribution in [1.82, 2.24) is 4.90 Å². The van der Waals surface area contributed by atoms with E-state index >= 15 is 0 Å². The van der Waals surface area contributed by atoms with E-state index in [9.17, 15) is 9.59 Å². The van der Waals surface area contributed by atoms with Crippen molar-refractivity contribution in [2.24, 2.45) is 0 Å². The number of ether oxygens (including phenoxy) is 1. The molecule has 0 aliphatic heterocycles. The predicted octanol–water partition coefficient (Wildman–Crippen LogP) is 2.24. The zero-order chi connectivity index (χ0) is 14.4. The predicted molar refractivity (Wildman–Crippen MR) is 65.8 cm³/mol. The molecule has 96 valence electrons. The maximum absolute atomic E-state index is 11.8. The number of rotatable bonds is 5. The second-order valence-electron chi connectivity index (χ2n) is 3.52. The van der Waals surface area contributed by atoms with E-state index < -0.39 is 24.7 Å². The van der Waals surface area contributed by atoms with Crippen LogP contribution in [0.1, 0.15) is 13.9 Å². The quantitative estimate of drug-likeness (QED) is 0.870. The molecule has 1 amide bonds. The molecule has 5 nitrogen and oxygen atoms in total. The Hall–Kier alpha value is -2.30. The highest BCUT2D eigenvalue weighted by Crippen LogP contribution is 2.06. The third-order valence-corrected chi connectivity index (χ3v) is 2.28. The summed E-state index contributed by atoms with van der Waals surface area (Å²) < 4.78 is 12.6. The smallest absolute Gasteiger partial charge is 0.414 e. The van der Waals surface area contributed by atoms with Gasteiger partial charge in [-0.1, -0.05) is 36.9 Å². The summed E-state index contributed by atoms with van der Waals surface area (Å²) in [4.78, 5) is 23.4. The van der Waals surface area contributed by atoms with Gasteiger partial charge in [0.1, 0.15) is 12.6 Å². The van der Waals surface area contributed by atoms with Crippen LogP contribution in [0.2, 0.25) is 0 Å². The number of aliphatic carboxylic acids is 1. The van der Waals surface area contributed by atoms with Gasteiger partial charge >= 0.3 is 12.1 Å². The van der Waals surface area contributed by atoms with Crippen molar-refractivity contribution in [3.05, 3.63) is 48.7 Å². The van der Waals surface area contributed by atoms with Gasteiger partial charge in [-0.3, -0.25) is 4.90 Å². The maximum Gasteiger partial charge on any atom is 0.414 e. The second kappa shape index (κ2) is 6.44. The SMILES string of the molecule is [2H]C(OC(=O)N(C=C)C(C)C(=O)O)c1ccccc1. The van der Waals surface area contributed by atoms with E-state index in [4.69, 9.17) is 11.2 Å². The minimum atomic E-state index is -1.21. The Labute approximate surface area is 107 Å². The first kappa shape index (κ1) is 12.2. The van der Waals surface area contributed by atoms with E-state index in [-0.39, 0.29) is 0 Å². The molecule has 1 aromatic rings. The number of carbonyl (C=O) groups is 2. The number of carbonyl (C=O) groups excluding carboxylic acids is 1. The van der Waals surface area contributed by atoms with Crippen molar-refractivity contribution >= 4 is 12.1 Å². The Morgan fingerprint density at radius 3 is 2.67 bits per heavy atom. The van der Waals surface area contributed by atoms with Crippen LogP contribution in [0.25, 0.3) is 0 Å². The Morgan fingerprint density at radius 2 is 2.17 bits per heavy atom. The molecule has 0 aliphatic rings. The lowest BCUT2D eigenvalue weighted by molar-refractivity contribution is -0.141. The van der Waals surface area contributed by atoms with Gasteiger partial charge in [0.25, 0.3) is 0 Å². The van der Waals surface area contributed by atoms with Gasteiger partial charge in [-0.25, -0.2) is 9.59 Å². The fourth-order valence-corrected chi connectivity index (χ4v) is 1.22. The van der Waals surface area contributed by atoms with Crippen LogP contribution in [0.4, 0.5) is 4.79 Å². The highest BCUT2D eigenvalue weighted by Gasteiger charge is 2.24. The molecule has 0 radical (unpaired) electrons. The first-order valence-corrected chi connectivity index (χ1v) is 5.29. The van der Waals surface area contributed by atoms with E-state index in [2.05, 4.69) is 6.58 Å². The molecule has 2 atom stereocenters. The summed E-state index contributed by atoms with van der Waals surface area (Å²) in [5, 5.41) is 8.84. The first-order chi connectivity index (χ1) is 8.97. The number of hydrogen-bond donors (Lipinski definition) is 1. The van der Waals surface area contributed by atoms with Crippen molar-refractivity contribution in [3.8, 4) is 0 Å². The summed E-state index contributed by atoms with van der Waals surface area (Å²) in [5.41, 5.74) is 0.503. The van der Waals surface area contributed by atoms with Gasteiger partial charge in [0.05, 0.1) is 1.37 Å². The molecule has 0 spiro atoms. The zero-order valence-electron chi connectivity index (χ0n) is 10.9. The first-order valence-electron chi connectivity index (χ1n) is 5.86. The van der Waals surface area contributed by atoms with Gasteiger partial charge < -0.3 is 9.84 Å². The molecule has 0 saturated heterocycles. The molecule has 18 heavy (non-hydrogen) atoms.